The fraction of sp³-hybridized carbons (Fsp3) is 0.214. The normalized spacial score (nSPS) is 11.2. The fourth-order valence-electron chi connectivity index (χ4n) is 2.23. The number of carbonyl (C=O) groups excluding carboxylic acids is 1. The van der Waals surface area contributed by atoms with Gasteiger partial charge in [0.15, 0.2) is 0 Å². The van der Waals surface area contributed by atoms with E-state index in [1.807, 2.05) is 32.2 Å². The number of aryl methyl sites for hydroxylation is 1. The summed E-state index contributed by atoms with van der Waals surface area (Å²) in [6.07, 6.45) is 0. The number of hydrogen-bond acceptors (Lipinski definition) is 3. The lowest BCUT2D eigenvalue weighted by Gasteiger charge is -1.98. The minimum Gasteiger partial charge on any atom is -0.462 e. The Balaban J connectivity index is 2.24. The van der Waals surface area contributed by atoms with Gasteiger partial charge in [0, 0.05) is 23.3 Å². The van der Waals surface area contributed by atoms with Gasteiger partial charge < -0.3 is 9.30 Å². The Labute approximate surface area is 109 Å². The molecule has 3 aromatic rings. The minimum atomic E-state index is -0.234. The molecule has 0 amide bonds. The van der Waals surface area contributed by atoms with E-state index in [1.54, 1.807) is 0 Å². The third kappa shape index (κ3) is 1.53. The molecule has 0 aliphatic rings. The smallest absolute Gasteiger partial charge is 0.348 e. The second-order valence-corrected chi connectivity index (χ2v) is 5.16. The second-order valence-electron chi connectivity index (χ2n) is 4.13. The van der Waals surface area contributed by atoms with Gasteiger partial charge >= 0.3 is 5.97 Å². The molecule has 3 rings (SSSR count). The van der Waals surface area contributed by atoms with Gasteiger partial charge in [0.1, 0.15) is 9.71 Å². The summed E-state index contributed by atoms with van der Waals surface area (Å²) in [5, 5.41) is 2.31. The molecule has 3 nitrogen and oxygen atoms in total. The highest BCUT2D eigenvalue weighted by atomic mass is 32.1. The second kappa shape index (κ2) is 4.14. The number of esters is 1. The number of benzene rings is 1. The lowest BCUT2D eigenvalue weighted by Crippen LogP contribution is -2.01. The third-order valence-corrected chi connectivity index (χ3v) is 4.24. The standard InChI is InChI=1S/C14H13NO2S/c1-3-17-14(16)12-8-10-9-6-4-5-7-11(9)15(2)13(10)18-12/h4-8H,3H2,1-2H3. The molecule has 2 aromatic heterocycles. The average Bonchev–Trinajstić information content (AvgIpc) is 2.91. The summed E-state index contributed by atoms with van der Waals surface area (Å²) < 4.78 is 7.16. The molecule has 4 heteroatoms. The van der Waals surface area contributed by atoms with Gasteiger partial charge in [-0.05, 0) is 19.1 Å². The van der Waals surface area contributed by atoms with Crippen molar-refractivity contribution in [1.29, 1.82) is 0 Å². The number of ether oxygens (including phenoxy) is 1. The van der Waals surface area contributed by atoms with Crippen LogP contribution in [0.15, 0.2) is 30.3 Å². The molecular weight excluding hydrogens is 246 g/mol. The van der Waals surface area contributed by atoms with Gasteiger partial charge in [0.25, 0.3) is 0 Å². The largest absolute Gasteiger partial charge is 0.462 e. The zero-order valence-electron chi connectivity index (χ0n) is 10.3. The summed E-state index contributed by atoms with van der Waals surface area (Å²) >= 11 is 1.49. The van der Waals surface area contributed by atoms with E-state index in [2.05, 4.69) is 16.7 Å². The first-order chi connectivity index (χ1) is 8.72. The molecule has 92 valence electrons. The zero-order chi connectivity index (χ0) is 12.7. The summed E-state index contributed by atoms with van der Waals surface area (Å²) in [5.74, 6) is -0.234. The maximum Gasteiger partial charge on any atom is 0.348 e. The van der Waals surface area contributed by atoms with Crippen LogP contribution in [0, 0.1) is 0 Å². The molecule has 0 fully saturated rings. The van der Waals surface area contributed by atoms with E-state index in [9.17, 15) is 4.79 Å². The summed E-state index contributed by atoms with van der Waals surface area (Å²) in [5.41, 5.74) is 1.19. The van der Waals surface area contributed by atoms with Crippen LogP contribution in [0.2, 0.25) is 0 Å². The zero-order valence-corrected chi connectivity index (χ0v) is 11.1. The number of nitrogens with zero attached hydrogens (tertiary/aromatic N) is 1. The first kappa shape index (κ1) is 11.3. The topological polar surface area (TPSA) is 31.2 Å². The Kier molecular flexibility index (Phi) is 2.59. The molecule has 0 spiro atoms. The molecule has 18 heavy (non-hydrogen) atoms. The number of hydrogen-bond donors (Lipinski definition) is 0. The van der Waals surface area contributed by atoms with Gasteiger partial charge in [-0.3, -0.25) is 0 Å². The number of para-hydroxylation sites is 1. The van der Waals surface area contributed by atoms with Crippen molar-refractivity contribution in [3.8, 4) is 0 Å². The number of carbonyl (C=O) groups is 1. The molecular formula is C14H13NO2S. The predicted octanol–water partition coefficient (Wildman–Crippen LogP) is 3.57. The van der Waals surface area contributed by atoms with Crippen LogP contribution in [0.25, 0.3) is 21.1 Å². The van der Waals surface area contributed by atoms with Crippen LogP contribution in [0.4, 0.5) is 0 Å². The van der Waals surface area contributed by atoms with Crippen LogP contribution < -0.4 is 0 Å². The molecule has 0 saturated carbocycles. The van der Waals surface area contributed by atoms with Gasteiger partial charge in [-0.25, -0.2) is 4.79 Å². The maximum absolute atomic E-state index is 11.7. The van der Waals surface area contributed by atoms with Crippen LogP contribution >= 0.6 is 11.3 Å². The number of rotatable bonds is 2. The Morgan fingerprint density at radius 2 is 2.11 bits per heavy atom. The van der Waals surface area contributed by atoms with Gasteiger partial charge in [-0.2, -0.15) is 0 Å². The van der Waals surface area contributed by atoms with E-state index < -0.39 is 0 Å². The van der Waals surface area contributed by atoms with Crippen molar-refractivity contribution < 1.29 is 9.53 Å². The lowest BCUT2D eigenvalue weighted by atomic mass is 10.2. The van der Waals surface area contributed by atoms with E-state index in [0.717, 1.165) is 10.2 Å². The summed E-state index contributed by atoms with van der Waals surface area (Å²) in [7, 11) is 2.02. The van der Waals surface area contributed by atoms with Crippen LogP contribution in [0.3, 0.4) is 0 Å². The number of aromatic nitrogens is 1. The highest BCUT2D eigenvalue weighted by Gasteiger charge is 2.16. The monoisotopic (exact) mass is 259 g/mol. The molecule has 2 heterocycles. The van der Waals surface area contributed by atoms with Crippen molar-refractivity contribution in [2.45, 2.75) is 6.92 Å². The fourth-order valence-corrected chi connectivity index (χ4v) is 3.27. The first-order valence-electron chi connectivity index (χ1n) is 5.86. The molecule has 0 atom stereocenters. The van der Waals surface area contributed by atoms with Crippen LogP contribution in [-0.4, -0.2) is 17.1 Å². The highest BCUT2D eigenvalue weighted by Crippen LogP contribution is 2.34. The molecule has 1 aromatic carbocycles. The van der Waals surface area contributed by atoms with Crippen molar-refractivity contribution in [3.05, 3.63) is 35.2 Å². The Morgan fingerprint density at radius 1 is 1.33 bits per heavy atom. The van der Waals surface area contributed by atoms with E-state index in [-0.39, 0.29) is 5.97 Å². The number of thiophene rings is 1. The molecule has 0 unspecified atom stereocenters. The van der Waals surface area contributed by atoms with Crippen molar-refractivity contribution in [3.63, 3.8) is 0 Å². The van der Waals surface area contributed by atoms with Crippen molar-refractivity contribution in [1.82, 2.24) is 4.57 Å². The quantitative estimate of drug-likeness (QED) is 0.659. The van der Waals surface area contributed by atoms with Crippen molar-refractivity contribution in [2.24, 2.45) is 7.05 Å². The first-order valence-corrected chi connectivity index (χ1v) is 6.68. The van der Waals surface area contributed by atoms with Gasteiger partial charge in [-0.1, -0.05) is 18.2 Å². The highest BCUT2D eigenvalue weighted by molar-refractivity contribution is 7.20. The number of fused-ring (bicyclic) bond motifs is 3. The minimum absolute atomic E-state index is 0.234. The predicted molar refractivity (Wildman–Crippen MR) is 74.3 cm³/mol. The Bertz CT molecular complexity index is 739. The molecule has 0 aliphatic heterocycles. The van der Waals surface area contributed by atoms with E-state index in [4.69, 9.17) is 4.74 Å². The summed E-state index contributed by atoms with van der Waals surface area (Å²) in [4.78, 5) is 13.5. The van der Waals surface area contributed by atoms with E-state index >= 15 is 0 Å². The molecule has 0 saturated heterocycles. The van der Waals surface area contributed by atoms with Gasteiger partial charge in [0.05, 0.1) is 6.61 Å². The maximum atomic E-state index is 11.7. The molecule has 0 bridgehead atoms. The third-order valence-electron chi connectivity index (χ3n) is 3.05. The van der Waals surface area contributed by atoms with E-state index in [0.29, 0.717) is 11.5 Å². The summed E-state index contributed by atoms with van der Waals surface area (Å²) in [6, 6.07) is 10.1. The van der Waals surface area contributed by atoms with Gasteiger partial charge in [0.2, 0.25) is 0 Å². The molecule has 0 aliphatic carbocycles. The van der Waals surface area contributed by atoms with Crippen LogP contribution in [0.1, 0.15) is 16.6 Å². The molecule has 0 N–H and O–H groups in total. The lowest BCUT2D eigenvalue weighted by molar-refractivity contribution is 0.0532. The molecule has 0 radical (unpaired) electrons. The SMILES string of the molecule is CCOC(=O)c1cc2c3ccccc3n(C)c2s1. The van der Waals surface area contributed by atoms with Crippen molar-refractivity contribution >= 4 is 38.4 Å². The van der Waals surface area contributed by atoms with Crippen LogP contribution in [-0.2, 0) is 11.8 Å². The van der Waals surface area contributed by atoms with E-state index in [1.165, 1.54) is 22.2 Å². The summed E-state index contributed by atoms with van der Waals surface area (Å²) in [6.45, 7) is 2.23. The average molecular weight is 259 g/mol. The van der Waals surface area contributed by atoms with Crippen LogP contribution in [0.5, 0.6) is 0 Å². The van der Waals surface area contributed by atoms with Gasteiger partial charge in [-0.15, -0.1) is 11.3 Å². The van der Waals surface area contributed by atoms with Crippen molar-refractivity contribution in [2.75, 3.05) is 6.61 Å². The Morgan fingerprint density at radius 3 is 2.89 bits per heavy atom. The Hall–Kier alpha value is -1.81.